The molecule has 0 aliphatic rings. The quantitative estimate of drug-likeness (QED) is 0.745. The third-order valence-corrected chi connectivity index (χ3v) is 5.52. The first-order valence-electron chi connectivity index (χ1n) is 6.85. The number of nitrogens with one attached hydrogen (secondary N) is 1. The highest BCUT2D eigenvalue weighted by molar-refractivity contribution is 8.00. The van der Waals surface area contributed by atoms with E-state index in [0.29, 0.717) is 6.04 Å². The monoisotopic (exact) mass is 339 g/mol. The molecular formula is C13H17N5S3. The fourth-order valence-electron chi connectivity index (χ4n) is 1.86. The van der Waals surface area contributed by atoms with Crippen molar-refractivity contribution in [2.24, 2.45) is 0 Å². The zero-order valence-electron chi connectivity index (χ0n) is 12.2. The summed E-state index contributed by atoms with van der Waals surface area (Å²) in [6.45, 7) is 7.17. The molecule has 0 atom stereocenters. The lowest BCUT2D eigenvalue weighted by Gasteiger charge is -2.08. The predicted molar refractivity (Wildman–Crippen MR) is 88.5 cm³/mol. The van der Waals surface area contributed by atoms with Gasteiger partial charge in [0.2, 0.25) is 0 Å². The van der Waals surface area contributed by atoms with E-state index in [2.05, 4.69) is 51.4 Å². The van der Waals surface area contributed by atoms with Crippen LogP contribution in [-0.2, 0) is 13.0 Å². The zero-order valence-corrected chi connectivity index (χ0v) is 14.6. The van der Waals surface area contributed by atoms with Gasteiger partial charge in [0.1, 0.15) is 10.9 Å². The van der Waals surface area contributed by atoms with Gasteiger partial charge in [-0.3, -0.25) is 4.40 Å². The molecular weight excluding hydrogens is 322 g/mol. The number of nitrogens with zero attached hydrogens (tertiary/aromatic N) is 4. The molecule has 112 valence electrons. The normalized spacial score (nSPS) is 11.8. The second kappa shape index (κ2) is 6.43. The maximum atomic E-state index is 4.72. The van der Waals surface area contributed by atoms with Gasteiger partial charge in [0.15, 0.2) is 9.30 Å². The summed E-state index contributed by atoms with van der Waals surface area (Å²) in [6, 6.07) is 0.445. The van der Waals surface area contributed by atoms with Crippen LogP contribution in [-0.4, -0.2) is 24.8 Å². The molecule has 3 aromatic heterocycles. The van der Waals surface area contributed by atoms with Crippen molar-refractivity contribution >= 4 is 39.6 Å². The van der Waals surface area contributed by atoms with Crippen molar-refractivity contribution in [3.05, 3.63) is 23.1 Å². The summed E-state index contributed by atoms with van der Waals surface area (Å²) >= 11 is 4.72. The smallest absolute Gasteiger partial charge is 0.194 e. The maximum absolute atomic E-state index is 4.72. The van der Waals surface area contributed by atoms with Gasteiger partial charge in [-0.2, -0.15) is 4.37 Å². The minimum atomic E-state index is 0.445. The van der Waals surface area contributed by atoms with Crippen molar-refractivity contribution < 1.29 is 0 Å². The highest BCUT2D eigenvalue weighted by Crippen LogP contribution is 2.32. The van der Waals surface area contributed by atoms with Crippen LogP contribution in [0.4, 0.5) is 0 Å². The Morgan fingerprint density at radius 3 is 2.95 bits per heavy atom. The van der Waals surface area contributed by atoms with E-state index in [9.17, 15) is 0 Å². The summed E-state index contributed by atoms with van der Waals surface area (Å²) in [4.78, 5) is 10.3. The Labute approximate surface area is 136 Å². The molecule has 0 bridgehead atoms. The molecule has 0 aliphatic carbocycles. The van der Waals surface area contributed by atoms with Gasteiger partial charge in [-0.15, -0.1) is 11.3 Å². The highest BCUT2D eigenvalue weighted by atomic mass is 32.2. The molecule has 5 nitrogen and oxygen atoms in total. The molecule has 0 aromatic carbocycles. The number of rotatable bonds is 6. The molecule has 0 fully saturated rings. The average molecular weight is 340 g/mol. The van der Waals surface area contributed by atoms with Crippen LogP contribution in [0, 0.1) is 0 Å². The third kappa shape index (κ3) is 3.28. The molecule has 0 radical (unpaired) electrons. The minimum Gasteiger partial charge on any atom is -0.309 e. The lowest BCUT2D eigenvalue weighted by molar-refractivity contribution is 0.574. The van der Waals surface area contributed by atoms with Crippen molar-refractivity contribution in [3.63, 3.8) is 0 Å². The number of aryl methyl sites for hydroxylation is 1. The Balaban J connectivity index is 1.89. The summed E-state index contributed by atoms with van der Waals surface area (Å²) in [5.74, 6) is 0.908. The van der Waals surface area contributed by atoms with Gasteiger partial charge in [0.25, 0.3) is 0 Å². The second-order valence-electron chi connectivity index (χ2n) is 4.89. The van der Waals surface area contributed by atoms with E-state index >= 15 is 0 Å². The van der Waals surface area contributed by atoms with E-state index in [0.717, 1.165) is 33.1 Å². The van der Waals surface area contributed by atoms with E-state index in [1.807, 2.05) is 0 Å². The van der Waals surface area contributed by atoms with E-state index in [1.54, 1.807) is 23.1 Å². The Hall–Kier alpha value is -0.960. The van der Waals surface area contributed by atoms with E-state index in [1.165, 1.54) is 17.2 Å². The summed E-state index contributed by atoms with van der Waals surface area (Å²) in [5.41, 5.74) is 1.19. The van der Waals surface area contributed by atoms with Crippen molar-refractivity contribution in [2.45, 2.75) is 49.1 Å². The summed E-state index contributed by atoms with van der Waals surface area (Å²) in [6.07, 6.45) is 2.95. The second-order valence-corrected chi connectivity index (χ2v) is 7.75. The maximum Gasteiger partial charge on any atom is 0.194 e. The van der Waals surface area contributed by atoms with Crippen molar-refractivity contribution in [1.82, 2.24) is 24.1 Å². The summed E-state index contributed by atoms with van der Waals surface area (Å²) < 4.78 is 7.46. The number of fused-ring (bicyclic) bond motifs is 1. The Kier molecular flexibility index (Phi) is 4.58. The molecule has 1 N–H and O–H groups in total. The number of hydrogen-bond acceptors (Lipinski definition) is 7. The third-order valence-electron chi connectivity index (χ3n) is 2.95. The topological polar surface area (TPSA) is 55.1 Å². The molecule has 0 amide bonds. The first-order chi connectivity index (χ1) is 10.2. The number of aromatic nitrogens is 4. The van der Waals surface area contributed by atoms with Crippen LogP contribution in [0.5, 0.6) is 0 Å². The van der Waals surface area contributed by atoms with Crippen molar-refractivity contribution in [3.8, 4) is 0 Å². The molecule has 3 heterocycles. The molecule has 21 heavy (non-hydrogen) atoms. The van der Waals surface area contributed by atoms with Crippen LogP contribution in [0.3, 0.4) is 0 Å². The van der Waals surface area contributed by atoms with Gasteiger partial charge in [-0.05, 0) is 23.3 Å². The molecule has 0 saturated heterocycles. The SMILES string of the molecule is CCc1nsc(Sc2nc3sccn3c2CNC(C)C)n1. The van der Waals surface area contributed by atoms with Crippen molar-refractivity contribution in [1.29, 1.82) is 0 Å². The lowest BCUT2D eigenvalue weighted by Crippen LogP contribution is -2.22. The standard InChI is InChI=1S/C13H17N5S3/c1-4-10-15-13(21-17-10)20-11-9(7-14-8(2)3)18-5-6-19-12(18)16-11/h5-6,8,14H,4,7H2,1-3H3. The number of thiazole rings is 1. The lowest BCUT2D eigenvalue weighted by atomic mass is 10.3. The van der Waals surface area contributed by atoms with Crippen molar-refractivity contribution in [2.75, 3.05) is 0 Å². The van der Waals surface area contributed by atoms with Crippen LogP contribution in [0.25, 0.3) is 4.96 Å². The minimum absolute atomic E-state index is 0.445. The molecule has 0 spiro atoms. The summed E-state index contributed by atoms with van der Waals surface area (Å²) in [7, 11) is 0. The Morgan fingerprint density at radius 2 is 2.24 bits per heavy atom. The van der Waals surface area contributed by atoms with Gasteiger partial charge >= 0.3 is 0 Å². The van der Waals surface area contributed by atoms with Crippen LogP contribution in [0.1, 0.15) is 32.3 Å². The number of hydrogen-bond donors (Lipinski definition) is 1. The molecule has 0 saturated carbocycles. The van der Waals surface area contributed by atoms with Crippen LogP contribution >= 0.6 is 34.6 Å². The summed E-state index contributed by atoms with van der Waals surface area (Å²) in [5, 5.41) is 6.56. The van der Waals surface area contributed by atoms with E-state index in [-0.39, 0.29) is 0 Å². The fraction of sp³-hybridized carbons (Fsp3) is 0.462. The molecule has 0 aliphatic heterocycles. The van der Waals surface area contributed by atoms with Crippen LogP contribution < -0.4 is 5.32 Å². The molecule has 8 heteroatoms. The van der Waals surface area contributed by atoms with E-state index in [4.69, 9.17) is 4.98 Å². The Morgan fingerprint density at radius 1 is 1.38 bits per heavy atom. The molecule has 0 unspecified atom stereocenters. The van der Waals surface area contributed by atoms with Gasteiger partial charge in [0, 0.05) is 30.6 Å². The van der Waals surface area contributed by atoms with Gasteiger partial charge in [-0.25, -0.2) is 9.97 Å². The number of imidazole rings is 1. The molecule has 3 rings (SSSR count). The first kappa shape index (κ1) is 15.0. The largest absolute Gasteiger partial charge is 0.309 e. The van der Waals surface area contributed by atoms with Crippen LogP contribution in [0.15, 0.2) is 20.9 Å². The average Bonchev–Trinajstić information content (AvgIpc) is 3.13. The Bertz CT molecular complexity index is 727. The van der Waals surface area contributed by atoms with E-state index < -0.39 is 0 Å². The van der Waals surface area contributed by atoms with Crippen LogP contribution in [0.2, 0.25) is 0 Å². The zero-order chi connectivity index (χ0) is 14.8. The predicted octanol–water partition coefficient (Wildman–Crippen LogP) is 3.46. The first-order valence-corrected chi connectivity index (χ1v) is 9.32. The fourth-order valence-corrected chi connectivity index (χ4v) is 4.39. The van der Waals surface area contributed by atoms with Gasteiger partial charge < -0.3 is 5.32 Å². The molecule has 3 aromatic rings. The van der Waals surface area contributed by atoms with Gasteiger partial charge in [-0.1, -0.05) is 20.8 Å². The van der Waals surface area contributed by atoms with Gasteiger partial charge in [0.05, 0.1) is 5.69 Å². The highest BCUT2D eigenvalue weighted by Gasteiger charge is 2.16.